The predicted molar refractivity (Wildman–Crippen MR) is 97.9 cm³/mol. The molecule has 2 aromatic rings. The number of hydrogen-bond donors (Lipinski definition) is 1. The standard InChI is InChI=1S/C15H17N3O4S2.ClH/c1-22-14(19)13-15(23-9-17-13)24(20,21)18-6-2-3-11-7-10(8-16)4-5-12(11)18;/h4-5,7,9H,2-3,6,8,16H2,1H3;1H. The number of rotatable bonds is 4. The molecule has 2 heterocycles. The van der Waals surface area contributed by atoms with Crippen molar-refractivity contribution in [1.29, 1.82) is 0 Å². The van der Waals surface area contributed by atoms with Crippen LogP contribution < -0.4 is 10.0 Å². The van der Waals surface area contributed by atoms with Gasteiger partial charge in [0.15, 0.2) is 9.90 Å². The third-order valence-corrected chi connectivity index (χ3v) is 7.05. The normalized spacial score (nSPS) is 13.8. The molecule has 2 N–H and O–H groups in total. The van der Waals surface area contributed by atoms with Crippen LogP contribution in [0.4, 0.5) is 5.69 Å². The Balaban J connectivity index is 0.00000225. The molecule has 25 heavy (non-hydrogen) atoms. The van der Waals surface area contributed by atoms with E-state index in [0.29, 0.717) is 25.2 Å². The molecule has 0 saturated heterocycles. The van der Waals surface area contributed by atoms with Gasteiger partial charge in [0.05, 0.1) is 18.3 Å². The first-order valence-electron chi connectivity index (χ1n) is 7.35. The van der Waals surface area contributed by atoms with Gasteiger partial charge in [-0.3, -0.25) is 4.31 Å². The second-order valence-electron chi connectivity index (χ2n) is 5.33. The van der Waals surface area contributed by atoms with E-state index < -0.39 is 16.0 Å². The second-order valence-corrected chi connectivity index (χ2v) is 8.24. The number of carbonyl (C=O) groups is 1. The maximum Gasteiger partial charge on any atom is 0.358 e. The van der Waals surface area contributed by atoms with Crippen molar-refractivity contribution in [2.24, 2.45) is 5.73 Å². The van der Waals surface area contributed by atoms with Crippen molar-refractivity contribution in [3.8, 4) is 0 Å². The number of fused-ring (bicyclic) bond motifs is 1. The van der Waals surface area contributed by atoms with Gasteiger partial charge < -0.3 is 10.5 Å². The number of hydrogen-bond acceptors (Lipinski definition) is 7. The van der Waals surface area contributed by atoms with E-state index in [2.05, 4.69) is 9.72 Å². The van der Waals surface area contributed by atoms with Crippen molar-refractivity contribution in [2.75, 3.05) is 18.0 Å². The summed E-state index contributed by atoms with van der Waals surface area (Å²) in [6.07, 6.45) is 1.49. The van der Waals surface area contributed by atoms with Crippen molar-refractivity contribution < 1.29 is 17.9 Å². The van der Waals surface area contributed by atoms with Crippen LogP contribution in [0.15, 0.2) is 27.9 Å². The van der Waals surface area contributed by atoms with E-state index in [0.717, 1.165) is 28.9 Å². The molecule has 10 heteroatoms. The summed E-state index contributed by atoms with van der Waals surface area (Å²) in [7, 11) is -2.68. The third-order valence-electron chi connectivity index (χ3n) is 3.89. The number of halogens is 1. The molecule has 7 nitrogen and oxygen atoms in total. The monoisotopic (exact) mass is 403 g/mol. The lowest BCUT2D eigenvalue weighted by atomic mass is 10.0. The average molecular weight is 404 g/mol. The molecule has 136 valence electrons. The third kappa shape index (κ3) is 3.50. The molecular weight excluding hydrogens is 386 g/mol. The van der Waals surface area contributed by atoms with E-state index in [1.807, 2.05) is 12.1 Å². The van der Waals surface area contributed by atoms with Crippen molar-refractivity contribution in [3.63, 3.8) is 0 Å². The number of nitrogens with zero attached hydrogens (tertiary/aromatic N) is 2. The summed E-state index contributed by atoms with van der Waals surface area (Å²) in [6.45, 7) is 0.761. The number of sulfonamides is 1. The number of aromatic nitrogens is 1. The van der Waals surface area contributed by atoms with Crippen molar-refractivity contribution >= 4 is 45.4 Å². The first-order valence-corrected chi connectivity index (χ1v) is 9.67. The second kappa shape index (κ2) is 7.69. The van der Waals surface area contributed by atoms with Gasteiger partial charge in [0.1, 0.15) is 0 Å². The van der Waals surface area contributed by atoms with Crippen LogP contribution in [0.25, 0.3) is 0 Å². The van der Waals surface area contributed by atoms with E-state index >= 15 is 0 Å². The summed E-state index contributed by atoms with van der Waals surface area (Å²) in [5, 5.41) is 0. The van der Waals surface area contributed by atoms with E-state index in [1.54, 1.807) is 6.07 Å². The Morgan fingerprint density at radius 1 is 1.44 bits per heavy atom. The molecule has 1 aliphatic rings. The van der Waals surface area contributed by atoms with Crippen LogP contribution in [-0.4, -0.2) is 33.0 Å². The quantitative estimate of drug-likeness (QED) is 0.782. The Morgan fingerprint density at radius 3 is 2.88 bits per heavy atom. The fourth-order valence-corrected chi connectivity index (χ4v) is 5.52. The largest absolute Gasteiger partial charge is 0.464 e. The number of carbonyl (C=O) groups excluding carboxylic acids is 1. The van der Waals surface area contributed by atoms with Gasteiger partial charge in [-0.2, -0.15) is 0 Å². The average Bonchev–Trinajstić information content (AvgIpc) is 3.10. The van der Waals surface area contributed by atoms with Crippen LogP contribution in [0.2, 0.25) is 0 Å². The zero-order chi connectivity index (χ0) is 17.3. The van der Waals surface area contributed by atoms with E-state index in [4.69, 9.17) is 5.73 Å². The summed E-state index contributed by atoms with van der Waals surface area (Å²) in [4.78, 5) is 15.6. The number of aryl methyl sites for hydroxylation is 1. The molecule has 0 fully saturated rings. The molecule has 0 atom stereocenters. The predicted octanol–water partition coefficient (Wildman–Crippen LogP) is 1.95. The number of ether oxygens (including phenoxy) is 1. The highest BCUT2D eigenvalue weighted by atomic mass is 35.5. The molecule has 1 aromatic heterocycles. The topological polar surface area (TPSA) is 103 Å². The summed E-state index contributed by atoms with van der Waals surface area (Å²) in [5.74, 6) is -0.759. The maximum absolute atomic E-state index is 13.1. The van der Waals surface area contributed by atoms with E-state index in [-0.39, 0.29) is 22.3 Å². The molecule has 3 rings (SSSR count). The number of thiazole rings is 1. The maximum atomic E-state index is 13.1. The van der Waals surface area contributed by atoms with Gasteiger partial charge in [-0.1, -0.05) is 12.1 Å². The Morgan fingerprint density at radius 2 is 2.20 bits per heavy atom. The highest BCUT2D eigenvalue weighted by Crippen LogP contribution is 2.34. The van der Waals surface area contributed by atoms with Crippen molar-refractivity contribution in [1.82, 2.24) is 4.98 Å². The van der Waals surface area contributed by atoms with E-state index in [9.17, 15) is 13.2 Å². The van der Waals surface area contributed by atoms with E-state index in [1.165, 1.54) is 16.9 Å². The molecule has 0 amide bonds. The van der Waals surface area contributed by atoms with Crippen molar-refractivity contribution in [3.05, 3.63) is 40.5 Å². The van der Waals surface area contributed by atoms with Crippen LogP contribution in [0, 0.1) is 0 Å². The van der Waals surface area contributed by atoms with Gasteiger partial charge in [-0.15, -0.1) is 23.7 Å². The first-order chi connectivity index (χ1) is 11.5. The van der Waals surface area contributed by atoms with Crippen LogP contribution in [0.3, 0.4) is 0 Å². The summed E-state index contributed by atoms with van der Waals surface area (Å²) < 4.78 is 32.0. The molecule has 0 aliphatic carbocycles. The highest BCUT2D eigenvalue weighted by Gasteiger charge is 2.34. The fraction of sp³-hybridized carbons (Fsp3) is 0.333. The van der Waals surface area contributed by atoms with Gasteiger partial charge in [-0.05, 0) is 30.0 Å². The zero-order valence-electron chi connectivity index (χ0n) is 13.5. The number of methoxy groups -OCH3 is 1. The molecule has 0 saturated carbocycles. The Hall–Kier alpha value is -1.68. The van der Waals surface area contributed by atoms with Crippen LogP contribution in [0.1, 0.15) is 28.0 Å². The molecular formula is C15H18ClN3O4S2. The summed E-state index contributed by atoms with van der Waals surface area (Å²) >= 11 is 0.915. The molecule has 1 aliphatic heterocycles. The first kappa shape index (κ1) is 19.6. The van der Waals surface area contributed by atoms with Gasteiger partial charge >= 0.3 is 5.97 Å². The Kier molecular flexibility index (Phi) is 6.04. The van der Waals surface area contributed by atoms with Crippen LogP contribution >= 0.6 is 23.7 Å². The van der Waals surface area contributed by atoms with Gasteiger partial charge in [0.2, 0.25) is 0 Å². The number of nitrogens with two attached hydrogens (primary N) is 1. The molecule has 0 unspecified atom stereocenters. The van der Waals surface area contributed by atoms with Crippen molar-refractivity contribution in [2.45, 2.75) is 23.6 Å². The van der Waals surface area contributed by atoms with Crippen LogP contribution in [0.5, 0.6) is 0 Å². The molecule has 1 aromatic carbocycles. The minimum atomic E-state index is -3.88. The van der Waals surface area contributed by atoms with Crippen LogP contribution in [-0.2, 0) is 27.7 Å². The minimum absolute atomic E-state index is 0. The molecule has 0 bridgehead atoms. The van der Waals surface area contributed by atoms with Gasteiger partial charge in [0, 0.05) is 13.1 Å². The van der Waals surface area contributed by atoms with Gasteiger partial charge in [0.25, 0.3) is 10.0 Å². The number of benzene rings is 1. The van der Waals surface area contributed by atoms with Gasteiger partial charge in [-0.25, -0.2) is 18.2 Å². The SMILES string of the molecule is COC(=O)c1ncsc1S(=O)(=O)N1CCCc2cc(CN)ccc21.Cl. The summed E-state index contributed by atoms with van der Waals surface area (Å²) in [5.41, 5.74) is 9.35. The fourth-order valence-electron chi connectivity index (χ4n) is 2.74. The number of anilines is 1. The highest BCUT2D eigenvalue weighted by molar-refractivity contribution is 7.94. The summed E-state index contributed by atoms with van der Waals surface area (Å²) in [6, 6.07) is 5.53. The lowest BCUT2D eigenvalue weighted by Crippen LogP contribution is -2.36. The molecule has 0 spiro atoms. The lowest BCUT2D eigenvalue weighted by molar-refractivity contribution is 0.0590. The Bertz CT molecular complexity index is 883. The zero-order valence-corrected chi connectivity index (χ0v) is 15.9. The lowest BCUT2D eigenvalue weighted by Gasteiger charge is -2.30. The Labute approximate surface area is 156 Å². The smallest absolute Gasteiger partial charge is 0.358 e. The number of esters is 1. The minimum Gasteiger partial charge on any atom is -0.464 e. The molecule has 0 radical (unpaired) electrons.